The van der Waals surface area contributed by atoms with E-state index < -0.39 is 9.84 Å². The van der Waals surface area contributed by atoms with Gasteiger partial charge in [0.25, 0.3) is 5.91 Å². The molecule has 138 valence electrons. The first-order chi connectivity index (χ1) is 12.3. The molecule has 2 aromatic carbocycles. The maximum absolute atomic E-state index is 12.3. The van der Waals surface area contributed by atoms with E-state index in [4.69, 9.17) is 4.74 Å². The summed E-state index contributed by atoms with van der Waals surface area (Å²) in [5.74, 6) is 0.760. The molecule has 1 aliphatic rings. The van der Waals surface area contributed by atoms with Gasteiger partial charge in [0, 0.05) is 6.26 Å². The van der Waals surface area contributed by atoms with E-state index in [1.54, 1.807) is 12.1 Å². The lowest BCUT2D eigenvalue weighted by molar-refractivity contribution is -0.124. The Balaban J connectivity index is 1.58. The highest BCUT2D eigenvalue weighted by atomic mass is 32.2. The highest BCUT2D eigenvalue weighted by Crippen LogP contribution is 2.41. The summed E-state index contributed by atoms with van der Waals surface area (Å²) in [5, 5.41) is 3.06. The largest absolute Gasteiger partial charge is 0.484 e. The fourth-order valence-corrected chi connectivity index (χ4v) is 3.45. The number of hydrogen-bond acceptors (Lipinski definition) is 4. The average Bonchev–Trinajstić information content (AvgIpc) is 3.43. The molecule has 5 nitrogen and oxygen atoms in total. The van der Waals surface area contributed by atoms with Crippen LogP contribution in [0.1, 0.15) is 30.0 Å². The summed E-state index contributed by atoms with van der Waals surface area (Å²) in [6.07, 6.45) is 3.39. The van der Waals surface area contributed by atoms with Gasteiger partial charge in [0.1, 0.15) is 5.75 Å². The second-order valence-corrected chi connectivity index (χ2v) is 8.84. The molecule has 1 amide bonds. The minimum Gasteiger partial charge on any atom is -0.484 e. The summed E-state index contributed by atoms with van der Waals surface area (Å²) in [4.78, 5) is 12.5. The molecule has 1 unspecified atom stereocenters. The Morgan fingerprint density at radius 3 is 2.27 bits per heavy atom. The number of rotatable bonds is 7. The molecule has 1 fully saturated rings. The van der Waals surface area contributed by atoms with Crippen molar-refractivity contribution in [3.63, 3.8) is 0 Å². The Kier molecular flexibility index (Phi) is 5.32. The van der Waals surface area contributed by atoms with Crippen LogP contribution in [0.2, 0.25) is 0 Å². The second-order valence-electron chi connectivity index (χ2n) is 6.83. The number of carbonyl (C=O) groups excluding carboxylic acids is 1. The Morgan fingerprint density at radius 1 is 1.12 bits per heavy atom. The molecule has 0 spiro atoms. The molecule has 3 rings (SSSR count). The van der Waals surface area contributed by atoms with E-state index in [-0.39, 0.29) is 23.5 Å². The Bertz CT molecular complexity index is 869. The lowest BCUT2D eigenvalue weighted by Gasteiger charge is -2.19. The molecule has 1 N–H and O–H groups in total. The van der Waals surface area contributed by atoms with Crippen LogP contribution in [-0.2, 0) is 14.6 Å². The minimum atomic E-state index is -3.24. The molecular formula is C20H23NO4S. The summed E-state index contributed by atoms with van der Waals surface area (Å²) in [6.45, 7) is 1.94. The number of amides is 1. The van der Waals surface area contributed by atoms with Crippen molar-refractivity contribution in [3.05, 3.63) is 59.7 Å². The van der Waals surface area contributed by atoms with Gasteiger partial charge < -0.3 is 10.1 Å². The van der Waals surface area contributed by atoms with Crippen LogP contribution < -0.4 is 10.1 Å². The van der Waals surface area contributed by atoms with Gasteiger partial charge >= 0.3 is 0 Å². The van der Waals surface area contributed by atoms with Gasteiger partial charge in [-0.05, 0) is 55.5 Å². The van der Waals surface area contributed by atoms with E-state index >= 15 is 0 Å². The van der Waals surface area contributed by atoms with Crippen LogP contribution in [0, 0.1) is 12.8 Å². The summed E-state index contributed by atoms with van der Waals surface area (Å²) in [7, 11) is -3.24. The molecule has 1 atom stereocenters. The zero-order valence-electron chi connectivity index (χ0n) is 14.9. The van der Waals surface area contributed by atoms with Crippen LogP contribution in [0.25, 0.3) is 0 Å². The number of hydrogen-bond donors (Lipinski definition) is 1. The number of nitrogens with one attached hydrogen (secondary N) is 1. The van der Waals surface area contributed by atoms with Crippen molar-refractivity contribution in [3.8, 4) is 5.75 Å². The van der Waals surface area contributed by atoms with Gasteiger partial charge in [0.15, 0.2) is 16.4 Å². The van der Waals surface area contributed by atoms with Crippen LogP contribution >= 0.6 is 0 Å². The molecular weight excluding hydrogens is 350 g/mol. The minimum absolute atomic E-state index is 0.0133. The van der Waals surface area contributed by atoms with E-state index in [0.717, 1.165) is 24.7 Å². The summed E-state index contributed by atoms with van der Waals surface area (Å²) < 4.78 is 28.4. The van der Waals surface area contributed by atoms with Crippen LogP contribution in [0.4, 0.5) is 0 Å². The first kappa shape index (κ1) is 18.5. The quantitative estimate of drug-likeness (QED) is 0.810. The van der Waals surface area contributed by atoms with Crippen molar-refractivity contribution in [1.29, 1.82) is 0 Å². The van der Waals surface area contributed by atoms with Crippen molar-refractivity contribution in [1.82, 2.24) is 5.32 Å². The first-order valence-electron chi connectivity index (χ1n) is 8.62. The maximum Gasteiger partial charge on any atom is 0.258 e. The predicted molar refractivity (Wildman–Crippen MR) is 99.8 cm³/mol. The van der Waals surface area contributed by atoms with E-state index in [9.17, 15) is 13.2 Å². The number of aryl methyl sites for hydroxylation is 1. The zero-order valence-corrected chi connectivity index (χ0v) is 15.8. The fraction of sp³-hybridized carbons (Fsp3) is 0.350. The van der Waals surface area contributed by atoms with E-state index in [2.05, 4.69) is 29.6 Å². The average molecular weight is 373 g/mol. The Morgan fingerprint density at radius 2 is 1.73 bits per heavy atom. The van der Waals surface area contributed by atoms with Crippen LogP contribution in [0.5, 0.6) is 5.75 Å². The molecule has 0 saturated heterocycles. The zero-order chi connectivity index (χ0) is 18.7. The van der Waals surface area contributed by atoms with Gasteiger partial charge in [-0.3, -0.25) is 4.79 Å². The molecule has 0 aliphatic heterocycles. The van der Waals surface area contributed by atoms with Crippen molar-refractivity contribution in [2.45, 2.75) is 30.7 Å². The van der Waals surface area contributed by atoms with E-state index in [1.165, 1.54) is 17.7 Å². The third-order valence-corrected chi connectivity index (χ3v) is 5.60. The standard InChI is InChI=1S/C20H23NO4S/c1-14-3-5-15(6-4-14)20(16-7-8-16)21-19(22)13-25-17-9-11-18(12-10-17)26(2,23)24/h3-6,9-12,16,20H,7-8,13H2,1-2H3,(H,21,22). The van der Waals surface area contributed by atoms with Crippen molar-refractivity contribution >= 4 is 15.7 Å². The highest BCUT2D eigenvalue weighted by molar-refractivity contribution is 7.90. The molecule has 1 aliphatic carbocycles. The number of ether oxygens (including phenoxy) is 1. The lowest BCUT2D eigenvalue weighted by atomic mass is 10.0. The summed E-state index contributed by atoms with van der Waals surface area (Å²) >= 11 is 0. The predicted octanol–water partition coefficient (Wildman–Crippen LogP) is 3.04. The van der Waals surface area contributed by atoms with Gasteiger partial charge in [0.2, 0.25) is 0 Å². The molecule has 2 aromatic rings. The molecule has 6 heteroatoms. The SMILES string of the molecule is Cc1ccc(C(NC(=O)COc2ccc(S(C)(=O)=O)cc2)C2CC2)cc1. The van der Waals surface area contributed by atoms with Crippen molar-refractivity contribution in [2.75, 3.05) is 12.9 Å². The number of sulfone groups is 1. The van der Waals surface area contributed by atoms with Crippen molar-refractivity contribution in [2.24, 2.45) is 5.92 Å². The summed E-state index contributed by atoms with van der Waals surface area (Å²) in [6, 6.07) is 14.3. The molecule has 0 bridgehead atoms. The second kappa shape index (κ2) is 7.50. The third-order valence-electron chi connectivity index (χ3n) is 4.47. The van der Waals surface area contributed by atoms with Gasteiger partial charge in [-0.15, -0.1) is 0 Å². The molecule has 1 saturated carbocycles. The lowest BCUT2D eigenvalue weighted by Crippen LogP contribution is -2.33. The van der Waals surface area contributed by atoms with Crippen LogP contribution in [0.3, 0.4) is 0 Å². The maximum atomic E-state index is 12.3. The van der Waals surface area contributed by atoms with Crippen molar-refractivity contribution < 1.29 is 17.9 Å². The number of carbonyl (C=O) groups is 1. The topological polar surface area (TPSA) is 72.5 Å². The summed E-state index contributed by atoms with van der Waals surface area (Å²) in [5.41, 5.74) is 2.31. The van der Waals surface area contributed by atoms with Gasteiger partial charge in [0.05, 0.1) is 10.9 Å². The third kappa shape index (κ3) is 4.85. The smallest absolute Gasteiger partial charge is 0.258 e. The molecule has 0 radical (unpaired) electrons. The van der Waals surface area contributed by atoms with Crippen LogP contribution in [-0.4, -0.2) is 27.2 Å². The number of benzene rings is 2. The molecule has 0 heterocycles. The Labute approximate surface area is 154 Å². The van der Waals surface area contributed by atoms with Gasteiger partial charge in [-0.2, -0.15) is 0 Å². The molecule has 26 heavy (non-hydrogen) atoms. The normalized spacial score (nSPS) is 15.3. The van der Waals surface area contributed by atoms with E-state index in [1.807, 2.05) is 6.92 Å². The highest BCUT2D eigenvalue weighted by Gasteiger charge is 2.33. The van der Waals surface area contributed by atoms with Crippen LogP contribution in [0.15, 0.2) is 53.4 Å². The molecule has 0 aromatic heterocycles. The Hall–Kier alpha value is -2.34. The first-order valence-corrected chi connectivity index (χ1v) is 10.5. The van der Waals surface area contributed by atoms with E-state index in [0.29, 0.717) is 11.7 Å². The fourth-order valence-electron chi connectivity index (χ4n) is 2.82. The van der Waals surface area contributed by atoms with Gasteiger partial charge in [-0.1, -0.05) is 29.8 Å². The van der Waals surface area contributed by atoms with Gasteiger partial charge in [-0.25, -0.2) is 8.42 Å². The monoisotopic (exact) mass is 373 g/mol.